The number of carbonyl (C=O) groups is 2. The zero-order valence-corrected chi connectivity index (χ0v) is 16.1. The summed E-state index contributed by atoms with van der Waals surface area (Å²) in [6, 6.07) is 7.66. The summed E-state index contributed by atoms with van der Waals surface area (Å²) < 4.78 is 5.31. The van der Waals surface area contributed by atoms with E-state index < -0.39 is 11.7 Å². The first-order chi connectivity index (χ1) is 11.7. The molecule has 5 heteroatoms. The number of amides is 1. The second-order valence-corrected chi connectivity index (χ2v) is 8.24. The minimum Gasteiger partial charge on any atom is -0.444 e. The van der Waals surface area contributed by atoms with Crippen molar-refractivity contribution in [2.45, 2.75) is 70.9 Å². The molecule has 0 saturated heterocycles. The van der Waals surface area contributed by atoms with E-state index >= 15 is 0 Å². The number of hydrogen-bond donors (Lipinski definition) is 1. The van der Waals surface area contributed by atoms with Gasteiger partial charge in [-0.05, 0) is 64.2 Å². The van der Waals surface area contributed by atoms with E-state index in [-0.39, 0.29) is 17.7 Å². The topological polar surface area (TPSA) is 55.4 Å². The summed E-state index contributed by atoms with van der Waals surface area (Å²) in [6.07, 6.45) is 4.29. The predicted molar refractivity (Wildman–Crippen MR) is 99.9 cm³/mol. The first kappa shape index (κ1) is 19.8. The molecule has 1 amide bonds. The van der Waals surface area contributed by atoms with Crippen LogP contribution in [0.25, 0.3) is 0 Å². The third kappa shape index (κ3) is 7.07. The quantitative estimate of drug-likeness (QED) is 0.805. The Morgan fingerprint density at radius 3 is 2.72 bits per heavy atom. The molecule has 0 spiro atoms. The van der Waals surface area contributed by atoms with Crippen molar-refractivity contribution >= 4 is 23.5 Å². The lowest BCUT2D eigenvalue weighted by Gasteiger charge is -2.30. The van der Waals surface area contributed by atoms with Gasteiger partial charge in [-0.3, -0.25) is 4.79 Å². The lowest BCUT2D eigenvalue weighted by Crippen LogP contribution is -2.42. The highest BCUT2D eigenvalue weighted by Gasteiger charge is 2.29. The molecule has 0 radical (unpaired) electrons. The van der Waals surface area contributed by atoms with Crippen LogP contribution in [0.15, 0.2) is 24.3 Å². The maximum Gasteiger partial charge on any atom is 0.407 e. The van der Waals surface area contributed by atoms with Crippen LogP contribution in [0.5, 0.6) is 0 Å². The number of alkyl carbamates (subject to hydrolysis) is 1. The molecule has 0 aliphatic heterocycles. The van der Waals surface area contributed by atoms with Crippen molar-refractivity contribution in [3.63, 3.8) is 0 Å². The van der Waals surface area contributed by atoms with Crippen molar-refractivity contribution in [3.05, 3.63) is 34.9 Å². The van der Waals surface area contributed by atoms with Crippen molar-refractivity contribution in [1.82, 2.24) is 5.32 Å². The summed E-state index contributed by atoms with van der Waals surface area (Å²) in [5, 5.41) is 3.61. The zero-order chi connectivity index (χ0) is 18.4. The van der Waals surface area contributed by atoms with Gasteiger partial charge in [0, 0.05) is 23.4 Å². The van der Waals surface area contributed by atoms with E-state index in [0.29, 0.717) is 24.3 Å². The van der Waals surface area contributed by atoms with E-state index in [2.05, 4.69) is 5.32 Å². The number of ether oxygens (including phenoxy) is 1. The fourth-order valence-electron chi connectivity index (χ4n) is 3.25. The Bertz CT molecular complexity index is 609. The Morgan fingerprint density at radius 1 is 1.28 bits per heavy atom. The standard InChI is InChI=1S/C20H28ClNO3/c1-20(2,3)25-19(24)22-17-9-5-7-15(13-17)18(23)11-10-14-6-4-8-16(21)12-14/h4,6,8,12,15,17H,5,7,9-11,13H2,1-3H3,(H,22,24). The molecule has 1 N–H and O–H groups in total. The molecular formula is C20H28ClNO3. The number of benzene rings is 1. The number of carbonyl (C=O) groups excluding carboxylic acids is 2. The van der Waals surface area contributed by atoms with Crippen LogP contribution in [0.3, 0.4) is 0 Å². The Balaban J connectivity index is 1.81. The fourth-order valence-corrected chi connectivity index (χ4v) is 3.46. The highest BCUT2D eigenvalue weighted by molar-refractivity contribution is 6.30. The lowest BCUT2D eigenvalue weighted by molar-refractivity contribution is -0.124. The fraction of sp³-hybridized carbons (Fsp3) is 0.600. The number of halogens is 1. The van der Waals surface area contributed by atoms with Crippen LogP contribution < -0.4 is 5.32 Å². The van der Waals surface area contributed by atoms with Gasteiger partial charge < -0.3 is 10.1 Å². The van der Waals surface area contributed by atoms with Crippen LogP contribution in [0.1, 0.15) is 58.4 Å². The Hall–Kier alpha value is -1.55. The third-order valence-corrected chi connectivity index (χ3v) is 4.63. The van der Waals surface area contributed by atoms with Gasteiger partial charge in [0.15, 0.2) is 0 Å². The molecule has 25 heavy (non-hydrogen) atoms. The molecule has 4 nitrogen and oxygen atoms in total. The van der Waals surface area contributed by atoms with Crippen LogP contribution in [0.4, 0.5) is 4.79 Å². The zero-order valence-electron chi connectivity index (χ0n) is 15.3. The van der Waals surface area contributed by atoms with Crippen LogP contribution in [-0.4, -0.2) is 23.5 Å². The number of aryl methyl sites for hydroxylation is 1. The first-order valence-corrected chi connectivity index (χ1v) is 9.37. The monoisotopic (exact) mass is 365 g/mol. The van der Waals surface area contributed by atoms with E-state index in [9.17, 15) is 9.59 Å². The van der Waals surface area contributed by atoms with Gasteiger partial charge in [-0.15, -0.1) is 0 Å². The van der Waals surface area contributed by atoms with Gasteiger partial charge in [-0.2, -0.15) is 0 Å². The van der Waals surface area contributed by atoms with Crippen molar-refractivity contribution in [2.75, 3.05) is 0 Å². The first-order valence-electron chi connectivity index (χ1n) is 8.99. The molecule has 2 rings (SSSR count). The molecule has 2 unspecified atom stereocenters. The summed E-state index contributed by atoms with van der Waals surface area (Å²) >= 11 is 5.99. The smallest absolute Gasteiger partial charge is 0.407 e. The van der Waals surface area contributed by atoms with Gasteiger partial charge in [-0.25, -0.2) is 4.79 Å². The van der Waals surface area contributed by atoms with E-state index in [4.69, 9.17) is 16.3 Å². The van der Waals surface area contributed by atoms with Gasteiger partial charge in [0.25, 0.3) is 0 Å². The number of ketones is 1. The van der Waals surface area contributed by atoms with Crippen LogP contribution >= 0.6 is 11.6 Å². The second-order valence-electron chi connectivity index (χ2n) is 7.80. The normalized spacial score (nSPS) is 20.8. The number of rotatable bonds is 5. The minimum absolute atomic E-state index is 0.0173. The van der Waals surface area contributed by atoms with E-state index in [1.54, 1.807) is 0 Å². The molecule has 0 heterocycles. The molecule has 1 fully saturated rings. The Kier molecular flexibility index (Phi) is 6.88. The predicted octanol–water partition coefficient (Wildman–Crippen LogP) is 4.93. The highest BCUT2D eigenvalue weighted by Crippen LogP contribution is 2.27. The van der Waals surface area contributed by atoms with Gasteiger partial charge >= 0.3 is 6.09 Å². The number of Topliss-reactive ketones (excluding diaryl/α,β-unsaturated/α-hetero) is 1. The number of hydrogen-bond acceptors (Lipinski definition) is 3. The van der Waals surface area contributed by atoms with Crippen molar-refractivity contribution in [1.29, 1.82) is 0 Å². The van der Waals surface area contributed by atoms with Crippen molar-refractivity contribution < 1.29 is 14.3 Å². The van der Waals surface area contributed by atoms with Crippen LogP contribution in [0.2, 0.25) is 5.02 Å². The van der Waals surface area contributed by atoms with E-state index in [0.717, 1.165) is 24.8 Å². The highest BCUT2D eigenvalue weighted by atomic mass is 35.5. The maximum absolute atomic E-state index is 12.5. The minimum atomic E-state index is -0.509. The van der Waals surface area contributed by atoms with E-state index in [1.165, 1.54) is 0 Å². The van der Waals surface area contributed by atoms with Crippen molar-refractivity contribution in [2.24, 2.45) is 5.92 Å². The van der Waals surface area contributed by atoms with Crippen LogP contribution in [-0.2, 0) is 16.0 Å². The molecule has 0 bridgehead atoms. The molecule has 138 valence electrons. The Labute approximate surface area is 155 Å². The molecule has 1 aromatic rings. The molecule has 1 aliphatic carbocycles. The average Bonchev–Trinajstić information content (AvgIpc) is 2.51. The molecule has 1 saturated carbocycles. The average molecular weight is 366 g/mol. The lowest BCUT2D eigenvalue weighted by atomic mass is 9.81. The number of nitrogens with one attached hydrogen (secondary N) is 1. The van der Waals surface area contributed by atoms with Gasteiger partial charge in [-0.1, -0.05) is 30.2 Å². The van der Waals surface area contributed by atoms with E-state index in [1.807, 2.05) is 45.0 Å². The third-order valence-electron chi connectivity index (χ3n) is 4.40. The summed E-state index contributed by atoms with van der Waals surface area (Å²) in [6.45, 7) is 5.53. The molecule has 1 aromatic carbocycles. The molecular weight excluding hydrogens is 338 g/mol. The molecule has 0 aromatic heterocycles. The Morgan fingerprint density at radius 2 is 2.04 bits per heavy atom. The summed E-state index contributed by atoms with van der Waals surface area (Å²) in [5.41, 5.74) is 0.574. The van der Waals surface area contributed by atoms with Gasteiger partial charge in [0.05, 0.1) is 0 Å². The summed E-state index contributed by atoms with van der Waals surface area (Å²) in [7, 11) is 0. The summed E-state index contributed by atoms with van der Waals surface area (Å²) in [5.74, 6) is 0.295. The summed E-state index contributed by atoms with van der Waals surface area (Å²) in [4.78, 5) is 24.5. The largest absolute Gasteiger partial charge is 0.444 e. The van der Waals surface area contributed by atoms with Crippen LogP contribution in [0, 0.1) is 5.92 Å². The van der Waals surface area contributed by atoms with Gasteiger partial charge in [0.2, 0.25) is 0 Å². The second kappa shape index (κ2) is 8.70. The van der Waals surface area contributed by atoms with Crippen molar-refractivity contribution in [3.8, 4) is 0 Å². The SMILES string of the molecule is CC(C)(C)OC(=O)NC1CCCC(C(=O)CCc2cccc(Cl)c2)C1. The maximum atomic E-state index is 12.5. The molecule has 2 atom stereocenters. The molecule has 1 aliphatic rings. The van der Waals surface area contributed by atoms with Gasteiger partial charge in [0.1, 0.15) is 11.4 Å².